The van der Waals surface area contributed by atoms with Gasteiger partial charge >= 0.3 is 11.9 Å². The highest BCUT2D eigenvalue weighted by atomic mass is 32.2. The van der Waals surface area contributed by atoms with Crippen LogP contribution < -0.4 is 5.32 Å². The first kappa shape index (κ1) is 19.4. The highest BCUT2D eigenvalue weighted by Crippen LogP contribution is 2.28. The Kier molecular flexibility index (Phi) is 5.79. The third-order valence-electron chi connectivity index (χ3n) is 4.77. The van der Waals surface area contributed by atoms with Gasteiger partial charge in [-0.1, -0.05) is 31.5 Å². The summed E-state index contributed by atoms with van der Waals surface area (Å²) in [6, 6.07) is 5.39. The van der Waals surface area contributed by atoms with Crippen LogP contribution in [0.1, 0.15) is 30.9 Å². The molecule has 1 aromatic carbocycles. The van der Waals surface area contributed by atoms with Gasteiger partial charge < -0.3 is 5.32 Å². The van der Waals surface area contributed by atoms with Crippen LogP contribution in [0.2, 0.25) is 0 Å². The van der Waals surface area contributed by atoms with E-state index in [1.165, 1.54) is 21.2 Å². The molecule has 1 aromatic rings. The van der Waals surface area contributed by atoms with Crippen LogP contribution >= 0.6 is 11.8 Å². The number of benzene rings is 1. The molecule has 0 spiro atoms. The molecule has 3 rings (SSSR count). The maximum absolute atomic E-state index is 12.9. The minimum absolute atomic E-state index is 0.112. The fraction of sp³-hybridized carbons (Fsp3) is 0.400. The minimum Gasteiger partial charge on any atom is -0.322 e. The largest absolute Gasteiger partial charge is 0.501 e. The lowest BCUT2D eigenvalue weighted by molar-refractivity contribution is -0.425. The maximum Gasteiger partial charge on any atom is 0.501 e. The molecule has 1 unspecified atom stereocenters. The number of unbranched alkanes of at least 4 members (excludes halogenated alkanes) is 1. The Bertz CT molecular complexity index is 840. The number of anilines is 1. The smallest absolute Gasteiger partial charge is 0.322 e. The van der Waals surface area contributed by atoms with Gasteiger partial charge in [-0.25, -0.2) is 4.79 Å². The Morgan fingerprint density at radius 1 is 1.26 bits per heavy atom. The number of nitrogens with one attached hydrogen (secondary N) is 1. The van der Waals surface area contributed by atoms with Crippen LogP contribution in [0.15, 0.2) is 29.7 Å². The summed E-state index contributed by atoms with van der Waals surface area (Å²) in [6.07, 6.45) is 3.39. The number of nitrogens with zero attached hydrogens (tertiary/aromatic N) is 2. The molecule has 0 fully saturated rings. The Labute approximate surface area is 163 Å². The number of rotatable bonds is 6. The van der Waals surface area contributed by atoms with Gasteiger partial charge in [0.2, 0.25) is 0 Å². The van der Waals surface area contributed by atoms with Crippen LogP contribution in [-0.2, 0) is 9.59 Å². The van der Waals surface area contributed by atoms with E-state index in [2.05, 4.69) is 5.32 Å². The van der Waals surface area contributed by atoms with Crippen LogP contribution in [0.4, 0.5) is 10.5 Å². The number of para-hydroxylation sites is 1. The zero-order valence-corrected chi connectivity index (χ0v) is 16.6. The summed E-state index contributed by atoms with van der Waals surface area (Å²) >= 11 is 1.38. The number of allylic oxidation sites excluding steroid dienone is 1. The second-order valence-electron chi connectivity index (χ2n) is 6.77. The zero-order chi connectivity index (χ0) is 19.6. The molecule has 6 nitrogen and oxygen atoms in total. The quantitative estimate of drug-likeness (QED) is 0.763. The van der Waals surface area contributed by atoms with E-state index in [4.69, 9.17) is 0 Å². The fourth-order valence-electron chi connectivity index (χ4n) is 3.27. The molecular weight excluding hydrogens is 362 g/mol. The van der Waals surface area contributed by atoms with Crippen LogP contribution in [0.3, 0.4) is 0 Å². The van der Waals surface area contributed by atoms with E-state index in [-0.39, 0.29) is 18.4 Å². The highest BCUT2D eigenvalue weighted by molar-refractivity contribution is 8.04. The molecule has 0 bridgehead atoms. The molecule has 1 N–H and O–H groups in total. The first-order chi connectivity index (χ1) is 12.9. The molecule has 1 atom stereocenters. The van der Waals surface area contributed by atoms with Crippen molar-refractivity contribution in [1.82, 2.24) is 4.90 Å². The van der Waals surface area contributed by atoms with Gasteiger partial charge in [0.05, 0.1) is 6.54 Å². The van der Waals surface area contributed by atoms with E-state index in [0.717, 1.165) is 29.7 Å². The SMILES string of the molecule is CCCCN1C(=O)C2SC=CC2=[N+](CC(=O)Nc2c(C)cccc2C)C1=O. The molecule has 2 aliphatic rings. The summed E-state index contributed by atoms with van der Waals surface area (Å²) in [4.78, 5) is 39.5. The molecule has 0 aliphatic carbocycles. The molecule has 4 amide bonds. The molecule has 0 aromatic heterocycles. The number of imide groups is 1. The normalized spacial score (nSPS) is 18.9. The predicted octanol–water partition coefficient (Wildman–Crippen LogP) is 3.09. The van der Waals surface area contributed by atoms with E-state index in [1.807, 2.05) is 44.4 Å². The molecule has 7 heteroatoms. The highest BCUT2D eigenvalue weighted by Gasteiger charge is 2.49. The Morgan fingerprint density at radius 2 is 1.96 bits per heavy atom. The van der Waals surface area contributed by atoms with Crippen molar-refractivity contribution in [2.24, 2.45) is 0 Å². The number of hydrogen-bond donors (Lipinski definition) is 1. The summed E-state index contributed by atoms with van der Waals surface area (Å²) in [6.45, 7) is 6.15. The van der Waals surface area contributed by atoms with Gasteiger partial charge in [0.25, 0.3) is 5.91 Å². The van der Waals surface area contributed by atoms with Crippen LogP contribution in [0.5, 0.6) is 0 Å². The number of hydrogen-bond acceptors (Lipinski definition) is 4. The minimum atomic E-state index is -0.437. The lowest BCUT2D eigenvalue weighted by Gasteiger charge is -2.24. The van der Waals surface area contributed by atoms with E-state index in [1.54, 1.807) is 6.08 Å². The number of aryl methyl sites for hydroxylation is 2. The van der Waals surface area contributed by atoms with Gasteiger partial charge in [-0.15, -0.1) is 11.8 Å². The molecule has 27 heavy (non-hydrogen) atoms. The zero-order valence-electron chi connectivity index (χ0n) is 15.8. The molecule has 0 radical (unpaired) electrons. The van der Waals surface area contributed by atoms with E-state index in [9.17, 15) is 14.4 Å². The standard InChI is InChI=1S/C20H23N3O3S/c1-4-5-10-22-19(25)18-15(9-11-27-18)23(20(22)26)12-16(24)21-17-13(2)7-6-8-14(17)3/h6-9,11,18H,4-5,10,12H2,1-3H3/p+1. The number of fused-ring (bicyclic) bond motifs is 1. The van der Waals surface area contributed by atoms with Crippen molar-refractivity contribution in [2.45, 2.75) is 38.9 Å². The van der Waals surface area contributed by atoms with Crippen LogP contribution in [-0.4, -0.2) is 51.4 Å². The Balaban J connectivity index is 1.84. The first-order valence-electron chi connectivity index (χ1n) is 9.11. The molecule has 142 valence electrons. The summed E-state index contributed by atoms with van der Waals surface area (Å²) in [7, 11) is 0. The molecular formula is C20H24N3O3S+. The van der Waals surface area contributed by atoms with Crippen molar-refractivity contribution in [3.63, 3.8) is 0 Å². The van der Waals surface area contributed by atoms with Gasteiger partial charge in [-0.3, -0.25) is 4.79 Å². The summed E-state index contributed by atoms with van der Waals surface area (Å²) in [5.41, 5.74) is 3.30. The first-order valence-corrected chi connectivity index (χ1v) is 10.1. The van der Waals surface area contributed by atoms with Crippen LogP contribution in [0, 0.1) is 13.8 Å². The maximum atomic E-state index is 12.9. The van der Waals surface area contributed by atoms with Crippen molar-refractivity contribution in [2.75, 3.05) is 18.4 Å². The fourth-order valence-corrected chi connectivity index (χ4v) is 4.23. The van der Waals surface area contributed by atoms with Crippen molar-refractivity contribution < 1.29 is 19.0 Å². The molecule has 2 heterocycles. The van der Waals surface area contributed by atoms with E-state index < -0.39 is 11.3 Å². The lowest BCUT2D eigenvalue weighted by Crippen LogP contribution is -2.56. The third-order valence-corrected chi connectivity index (χ3v) is 5.78. The van der Waals surface area contributed by atoms with Crippen molar-refractivity contribution in [3.05, 3.63) is 40.8 Å². The van der Waals surface area contributed by atoms with Crippen molar-refractivity contribution in [3.8, 4) is 0 Å². The summed E-state index contributed by atoms with van der Waals surface area (Å²) in [5.74, 6) is -0.466. The van der Waals surface area contributed by atoms with Gasteiger partial charge in [-0.05, 0) is 42.9 Å². The lowest BCUT2D eigenvalue weighted by atomic mass is 10.1. The second kappa shape index (κ2) is 8.08. The van der Waals surface area contributed by atoms with Crippen LogP contribution in [0.25, 0.3) is 0 Å². The van der Waals surface area contributed by atoms with Gasteiger partial charge in [0, 0.05) is 5.69 Å². The van der Waals surface area contributed by atoms with Crippen molar-refractivity contribution >= 4 is 41.0 Å². The number of carbonyl (C=O) groups excluding carboxylic acids is 3. The monoisotopic (exact) mass is 386 g/mol. The number of amides is 4. The van der Waals surface area contributed by atoms with Gasteiger partial charge in [-0.2, -0.15) is 14.3 Å². The summed E-state index contributed by atoms with van der Waals surface area (Å²) < 4.78 is 1.43. The number of carbonyl (C=O) groups is 3. The molecule has 0 saturated heterocycles. The van der Waals surface area contributed by atoms with E-state index in [0.29, 0.717) is 12.3 Å². The Morgan fingerprint density at radius 3 is 2.63 bits per heavy atom. The summed E-state index contributed by atoms with van der Waals surface area (Å²) in [5, 5.41) is 4.29. The number of thioether (sulfide) groups is 1. The predicted molar refractivity (Wildman–Crippen MR) is 107 cm³/mol. The Hall–Kier alpha value is -2.41. The van der Waals surface area contributed by atoms with Crippen molar-refractivity contribution in [1.29, 1.82) is 0 Å². The topological polar surface area (TPSA) is 69.5 Å². The third kappa shape index (κ3) is 3.83. The van der Waals surface area contributed by atoms with Gasteiger partial charge in [0.15, 0.2) is 11.8 Å². The molecule has 0 saturated carbocycles. The van der Waals surface area contributed by atoms with E-state index >= 15 is 0 Å². The average Bonchev–Trinajstić information content (AvgIpc) is 3.12. The second-order valence-corrected chi connectivity index (χ2v) is 7.79. The van der Waals surface area contributed by atoms with Gasteiger partial charge in [0.1, 0.15) is 5.71 Å². The molecule has 2 aliphatic heterocycles. The average molecular weight is 386 g/mol. The number of urea groups is 1.